The van der Waals surface area contributed by atoms with Crippen molar-refractivity contribution in [1.29, 1.82) is 5.26 Å². The van der Waals surface area contributed by atoms with Gasteiger partial charge >= 0.3 is 0 Å². The number of nitrogens with zero attached hydrogens (tertiary/aromatic N) is 1. The quantitative estimate of drug-likeness (QED) is 0.822. The van der Waals surface area contributed by atoms with E-state index in [0.29, 0.717) is 27.8 Å². The maximum atomic E-state index is 8.99. The minimum atomic E-state index is 0.325. The lowest BCUT2D eigenvalue weighted by molar-refractivity contribution is 0.481. The number of nitrogens with two attached hydrogens (primary N) is 1. The average molecular weight is 245 g/mol. The lowest BCUT2D eigenvalue weighted by Crippen LogP contribution is -1.90. The summed E-state index contributed by atoms with van der Waals surface area (Å²) in [6, 6.07) is 14.0. The zero-order valence-corrected chi connectivity index (χ0v) is 9.61. The van der Waals surface area contributed by atoms with Gasteiger partial charge in [-0.05, 0) is 36.4 Å². The summed E-state index contributed by atoms with van der Waals surface area (Å²) in [5.41, 5.74) is 6.55. The van der Waals surface area contributed by atoms with Gasteiger partial charge in [0.05, 0.1) is 5.02 Å². The van der Waals surface area contributed by atoms with Crippen LogP contribution in [0, 0.1) is 11.3 Å². The Morgan fingerprint density at radius 3 is 2.47 bits per heavy atom. The summed E-state index contributed by atoms with van der Waals surface area (Å²) in [5, 5.41) is 9.36. The first-order valence-corrected chi connectivity index (χ1v) is 5.30. The molecule has 0 aromatic heterocycles. The van der Waals surface area contributed by atoms with Gasteiger partial charge in [0.25, 0.3) is 0 Å². The molecule has 0 saturated heterocycles. The van der Waals surface area contributed by atoms with Gasteiger partial charge in [-0.2, -0.15) is 5.26 Å². The zero-order valence-electron chi connectivity index (χ0n) is 8.85. The number of hydrogen-bond acceptors (Lipinski definition) is 3. The van der Waals surface area contributed by atoms with Crippen molar-refractivity contribution in [3.63, 3.8) is 0 Å². The highest BCUT2D eigenvalue weighted by Crippen LogP contribution is 2.29. The van der Waals surface area contributed by atoms with Crippen molar-refractivity contribution in [2.45, 2.75) is 0 Å². The molecule has 0 atom stereocenters. The molecule has 0 amide bonds. The monoisotopic (exact) mass is 244 g/mol. The summed E-state index contributed by atoms with van der Waals surface area (Å²) in [5.74, 6) is 1.04. The second kappa shape index (κ2) is 4.77. The van der Waals surface area contributed by atoms with Gasteiger partial charge in [0, 0.05) is 5.69 Å². The highest BCUT2D eigenvalue weighted by molar-refractivity contribution is 6.31. The SMILES string of the molecule is N#Cc1c(Cl)cccc1Oc1ccc(N)cc1. The van der Waals surface area contributed by atoms with Crippen LogP contribution in [0.3, 0.4) is 0 Å². The number of nitriles is 1. The molecule has 0 aliphatic rings. The van der Waals surface area contributed by atoms with E-state index in [1.54, 1.807) is 42.5 Å². The fraction of sp³-hybridized carbons (Fsp3) is 0. The summed E-state index contributed by atoms with van der Waals surface area (Å²) < 4.78 is 5.57. The maximum absolute atomic E-state index is 8.99. The second-order valence-electron chi connectivity index (χ2n) is 3.40. The Hall–Kier alpha value is -2.18. The molecular weight excluding hydrogens is 236 g/mol. The first-order valence-electron chi connectivity index (χ1n) is 4.92. The van der Waals surface area contributed by atoms with Gasteiger partial charge in [0.1, 0.15) is 23.1 Å². The first-order chi connectivity index (χ1) is 8.20. The van der Waals surface area contributed by atoms with Crippen LogP contribution in [-0.2, 0) is 0 Å². The summed E-state index contributed by atoms with van der Waals surface area (Å²) in [6.45, 7) is 0. The van der Waals surface area contributed by atoms with Crippen molar-refractivity contribution in [1.82, 2.24) is 0 Å². The van der Waals surface area contributed by atoms with Crippen molar-refractivity contribution in [3.8, 4) is 17.6 Å². The molecule has 0 spiro atoms. The zero-order chi connectivity index (χ0) is 12.3. The van der Waals surface area contributed by atoms with Crippen LogP contribution in [0.4, 0.5) is 5.69 Å². The van der Waals surface area contributed by atoms with Gasteiger partial charge in [0.2, 0.25) is 0 Å². The van der Waals surface area contributed by atoms with Crippen LogP contribution < -0.4 is 10.5 Å². The highest BCUT2D eigenvalue weighted by atomic mass is 35.5. The number of halogens is 1. The van der Waals surface area contributed by atoms with Gasteiger partial charge in [-0.3, -0.25) is 0 Å². The Bertz CT molecular complexity index is 573. The molecule has 0 heterocycles. The predicted octanol–water partition coefficient (Wildman–Crippen LogP) is 3.59. The number of ether oxygens (including phenoxy) is 1. The van der Waals surface area contributed by atoms with Crippen molar-refractivity contribution in [3.05, 3.63) is 53.1 Å². The van der Waals surface area contributed by atoms with Gasteiger partial charge < -0.3 is 10.5 Å². The maximum Gasteiger partial charge on any atom is 0.146 e. The van der Waals surface area contributed by atoms with Crippen LogP contribution in [0.25, 0.3) is 0 Å². The minimum absolute atomic E-state index is 0.325. The van der Waals surface area contributed by atoms with Gasteiger partial charge in [0.15, 0.2) is 0 Å². The van der Waals surface area contributed by atoms with Crippen molar-refractivity contribution in [2.75, 3.05) is 5.73 Å². The summed E-state index contributed by atoms with van der Waals surface area (Å²) in [7, 11) is 0. The normalized spacial score (nSPS) is 9.65. The molecule has 0 radical (unpaired) electrons. The molecule has 0 bridgehead atoms. The minimum Gasteiger partial charge on any atom is -0.456 e. The standard InChI is InChI=1S/C13H9ClN2O/c14-12-2-1-3-13(11(12)8-15)17-10-6-4-9(16)5-7-10/h1-7H,16H2. The summed E-state index contributed by atoms with van der Waals surface area (Å²) in [6.07, 6.45) is 0. The Morgan fingerprint density at radius 2 is 1.82 bits per heavy atom. The molecule has 17 heavy (non-hydrogen) atoms. The molecule has 2 aromatic rings. The van der Waals surface area contributed by atoms with E-state index >= 15 is 0 Å². The van der Waals surface area contributed by atoms with Crippen LogP contribution in [0.2, 0.25) is 5.02 Å². The molecular formula is C13H9ClN2O. The molecule has 4 heteroatoms. The van der Waals surface area contributed by atoms with Crippen LogP contribution in [-0.4, -0.2) is 0 Å². The summed E-state index contributed by atoms with van der Waals surface area (Å²) >= 11 is 5.90. The molecule has 0 aliphatic heterocycles. The Balaban J connectivity index is 2.34. The molecule has 2 N–H and O–H groups in total. The Labute approximate surface area is 104 Å². The largest absolute Gasteiger partial charge is 0.456 e. The summed E-state index contributed by atoms with van der Waals surface area (Å²) in [4.78, 5) is 0. The number of hydrogen-bond donors (Lipinski definition) is 1. The fourth-order valence-corrected chi connectivity index (χ4v) is 1.57. The smallest absolute Gasteiger partial charge is 0.146 e. The molecule has 2 rings (SSSR count). The van der Waals surface area contributed by atoms with E-state index in [4.69, 9.17) is 27.3 Å². The highest BCUT2D eigenvalue weighted by Gasteiger charge is 2.08. The Morgan fingerprint density at radius 1 is 1.12 bits per heavy atom. The van der Waals surface area contributed by atoms with E-state index in [2.05, 4.69) is 0 Å². The molecule has 3 nitrogen and oxygen atoms in total. The number of benzene rings is 2. The van der Waals surface area contributed by atoms with Crippen molar-refractivity contribution in [2.24, 2.45) is 0 Å². The van der Waals surface area contributed by atoms with Crippen LogP contribution in [0.1, 0.15) is 5.56 Å². The number of rotatable bonds is 2. The average Bonchev–Trinajstić information content (AvgIpc) is 2.32. The van der Waals surface area contributed by atoms with E-state index in [0.717, 1.165) is 0 Å². The predicted molar refractivity (Wildman–Crippen MR) is 67.1 cm³/mol. The third kappa shape index (κ3) is 2.49. The number of nitrogen functional groups attached to an aromatic ring is 1. The third-order valence-corrected chi connectivity index (χ3v) is 2.51. The van der Waals surface area contributed by atoms with Gasteiger partial charge in [-0.25, -0.2) is 0 Å². The van der Waals surface area contributed by atoms with Gasteiger partial charge in [-0.1, -0.05) is 17.7 Å². The second-order valence-corrected chi connectivity index (χ2v) is 3.80. The lowest BCUT2D eigenvalue weighted by Gasteiger charge is -2.08. The van der Waals surface area contributed by atoms with Crippen molar-refractivity contribution >= 4 is 17.3 Å². The van der Waals surface area contributed by atoms with Crippen LogP contribution in [0.15, 0.2) is 42.5 Å². The molecule has 0 unspecified atom stereocenters. The van der Waals surface area contributed by atoms with E-state index < -0.39 is 0 Å². The molecule has 84 valence electrons. The van der Waals surface area contributed by atoms with E-state index in [1.165, 1.54) is 0 Å². The molecule has 0 fully saturated rings. The van der Waals surface area contributed by atoms with E-state index in [-0.39, 0.29) is 0 Å². The van der Waals surface area contributed by atoms with Crippen LogP contribution >= 0.6 is 11.6 Å². The number of anilines is 1. The Kier molecular flexibility index (Phi) is 3.17. The van der Waals surface area contributed by atoms with E-state index in [1.807, 2.05) is 6.07 Å². The molecule has 2 aromatic carbocycles. The molecule has 0 aliphatic carbocycles. The van der Waals surface area contributed by atoms with Gasteiger partial charge in [-0.15, -0.1) is 0 Å². The topological polar surface area (TPSA) is 59.0 Å². The third-order valence-electron chi connectivity index (χ3n) is 2.20. The lowest BCUT2D eigenvalue weighted by atomic mass is 10.2. The van der Waals surface area contributed by atoms with E-state index in [9.17, 15) is 0 Å². The first kappa shape index (κ1) is 11.3. The fourth-order valence-electron chi connectivity index (χ4n) is 1.36. The van der Waals surface area contributed by atoms with Crippen LogP contribution in [0.5, 0.6) is 11.5 Å². The van der Waals surface area contributed by atoms with Crippen molar-refractivity contribution < 1.29 is 4.74 Å². The molecule has 0 saturated carbocycles.